The van der Waals surface area contributed by atoms with E-state index in [2.05, 4.69) is 5.32 Å². The number of rotatable bonds is 10. The predicted molar refractivity (Wildman–Crippen MR) is 138 cm³/mol. The van der Waals surface area contributed by atoms with Gasteiger partial charge in [0.05, 0.1) is 0 Å². The maximum atomic E-state index is 13.4. The highest BCUT2D eigenvalue weighted by Gasteiger charge is 2.30. The Labute approximate surface area is 215 Å². The minimum Gasteiger partial charge on any atom is -0.352 e. The molecule has 2 aromatic carbocycles. The molecule has 0 bridgehead atoms. The fourth-order valence-corrected chi connectivity index (χ4v) is 5.49. The van der Waals surface area contributed by atoms with Gasteiger partial charge in [-0.15, -0.1) is 11.8 Å². The SMILES string of the molecule is CC[C@@H](C(=O)NC1CCCC1)N(Cc1ccc(Cl)cc1Cl)C(=O)CCSc1ccc(Cl)cc1. The lowest BCUT2D eigenvalue weighted by Crippen LogP contribution is -2.51. The van der Waals surface area contributed by atoms with Gasteiger partial charge < -0.3 is 10.2 Å². The molecule has 1 atom stereocenters. The Morgan fingerprint density at radius 1 is 1.06 bits per heavy atom. The van der Waals surface area contributed by atoms with Crippen molar-refractivity contribution in [2.24, 2.45) is 0 Å². The van der Waals surface area contributed by atoms with Crippen LogP contribution in [0.25, 0.3) is 0 Å². The van der Waals surface area contributed by atoms with Crippen LogP contribution in [0.5, 0.6) is 0 Å². The van der Waals surface area contributed by atoms with Crippen LogP contribution >= 0.6 is 46.6 Å². The van der Waals surface area contributed by atoms with Crippen LogP contribution < -0.4 is 5.32 Å². The van der Waals surface area contributed by atoms with Crippen molar-refractivity contribution in [1.82, 2.24) is 10.2 Å². The molecule has 1 N–H and O–H groups in total. The van der Waals surface area contributed by atoms with Crippen molar-refractivity contribution in [2.75, 3.05) is 5.75 Å². The third kappa shape index (κ3) is 7.81. The van der Waals surface area contributed by atoms with Crippen LogP contribution in [0.3, 0.4) is 0 Å². The Bertz CT molecular complexity index is 949. The van der Waals surface area contributed by atoms with E-state index in [4.69, 9.17) is 34.8 Å². The summed E-state index contributed by atoms with van der Waals surface area (Å²) in [5, 5.41) is 4.86. The molecular formula is C25H29Cl3N2O2S. The molecule has 0 aromatic heterocycles. The summed E-state index contributed by atoms with van der Waals surface area (Å²) < 4.78 is 0. The van der Waals surface area contributed by atoms with Crippen LogP contribution in [0.1, 0.15) is 51.0 Å². The Morgan fingerprint density at radius 3 is 2.36 bits per heavy atom. The van der Waals surface area contributed by atoms with Crippen LogP contribution in [0.15, 0.2) is 47.4 Å². The number of benzene rings is 2. The van der Waals surface area contributed by atoms with Crippen molar-refractivity contribution in [3.8, 4) is 0 Å². The van der Waals surface area contributed by atoms with Crippen molar-refractivity contribution in [3.05, 3.63) is 63.1 Å². The number of carbonyl (C=O) groups excluding carboxylic acids is 2. The smallest absolute Gasteiger partial charge is 0.243 e. The topological polar surface area (TPSA) is 49.4 Å². The summed E-state index contributed by atoms with van der Waals surface area (Å²) in [6, 6.07) is 12.4. The monoisotopic (exact) mass is 526 g/mol. The van der Waals surface area contributed by atoms with Crippen molar-refractivity contribution in [3.63, 3.8) is 0 Å². The van der Waals surface area contributed by atoms with E-state index in [1.807, 2.05) is 37.3 Å². The molecule has 0 unspecified atom stereocenters. The van der Waals surface area contributed by atoms with Gasteiger partial charge in [0.25, 0.3) is 0 Å². The molecule has 33 heavy (non-hydrogen) atoms. The number of thioether (sulfide) groups is 1. The van der Waals surface area contributed by atoms with Gasteiger partial charge in [0, 0.05) is 44.7 Å². The Kier molecular flexibility index (Phi) is 10.2. The molecule has 0 radical (unpaired) electrons. The molecule has 2 aromatic rings. The minimum absolute atomic E-state index is 0.0732. The van der Waals surface area contributed by atoms with E-state index in [-0.39, 0.29) is 24.4 Å². The fraction of sp³-hybridized carbons (Fsp3) is 0.440. The molecule has 1 saturated carbocycles. The lowest BCUT2D eigenvalue weighted by atomic mass is 10.1. The van der Waals surface area contributed by atoms with Gasteiger partial charge in [-0.1, -0.05) is 60.6 Å². The highest BCUT2D eigenvalue weighted by Crippen LogP contribution is 2.26. The molecule has 1 fully saturated rings. The van der Waals surface area contributed by atoms with Crippen LogP contribution in [0.2, 0.25) is 15.1 Å². The lowest BCUT2D eigenvalue weighted by molar-refractivity contribution is -0.141. The summed E-state index contributed by atoms with van der Waals surface area (Å²) in [6.07, 6.45) is 5.10. The zero-order chi connectivity index (χ0) is 23.8. The van der Waals surface area contributed by atoms with Gasteiger partial charge in [0.1, 0.15) is 6.04 Å². The molecule has 4 nitrogen and oxygen atoms in total. The highest BCUT2D eigenvalue weighted by atomic mass is 35.5. The lowest BCUT2D eigenvalue weighted by Gasteiger charge is -2.32. The second kappa shape index (κ2) is 12.9. The van der Waals surface area contributed by atoms with E-state index in [1.165, 1.54) is 0 Å². The summed E-state index contributed by atoms with van der Waals surface area (Å²) >= 11 is 20.0. The second-order valence-electron chi connectivity index (χ2n) is 8.22. The van der Waals surface area contributed by atoms with Crippen LogP contribution in [0.4, 0.5) is 0 Å². The van der Waals surface area contributed by atoms with E-state index in [0.29, 0.717) is 33.7 Å². The number of amides is 2. The molecule has 1 aliphatic rings. The molecule has 178 valence electrons. The van der Waals surface area contributed by atoms with Crippen LogP contribution in [0, 0.1) is 0 Å². The maximum Gasteiger partial charge on any atom is 0.243 e. The van der Waals surface area contributed by atoms with Crippen LogP contribution in [-0.2, 0) is 16.1 Å². The van der Waals surface area contributed by atoms with Gasteiger partial charge in [-0.05, 0) is 61.2 Å². The Hall–Kier alpha value is -1.40. The van der Waals surface area contributed by atoms with E-state index in [0.717, 1.165) is 36.1 Å². The second-order valence-corrected chi connectivity index (χ2v) is 10.7. The zero-order valence-electron chi connectivity index (χ0n) is 18.7. The quantitative estimate of drug-likeness (QED) is 0.339. The maximum absolute atomic E-state index is 13.4. The molecule has 0 spiro atoms. The first kappa shape index (κ1) is 26.2. The largest absolute Gasteiger partial charge is 0.352 e. The molecule has 0 saturated heterocycles. The van der Waals surface area contributed by atoms with E-state index in [1.54, 1.807) is 28.8 Å². The molecule has 0 heterocycles. The number of hydrogen-bond acceptors (Lipinski definition) is 3. The summed E-state index contributed by atoms with van der Waals surface area (Å²) in [5.41, 5.74) is 0.770. The van der Waals surface area contributed by atoms with E-state index in [9.17, 15) is 9.59 Å². The van der Waals surface area contributed by atoms with Crippen molar-refractivity contribution >= 4 is 58.4 Å². The standard InChI is InChI=1S/C25H29Cl3N2O2S/c1-2-23(25(32)29-20-5-3-4-6-20)30(16-17-7-8-19(27)15-22(17)28)24(31)13-14-33-21-11-9-18(26)10-12-21/h7-12,15,20,23H,2-6,13-14,16H2,1H3,(H,29,32)/t23-/m0/s1. The number of hydrogen-bond donors (Lipinski definition) is 1. The molecule has 8 heteroatoms. The van der Waals surface area contributed by atoms with Gasteiger partial charge in [0.15, 0.2) is 0 Å². The summed E-state index contributed by atoms with van der Waals surface area (Å²) in [5.74, 6) is 0.440. The molecule has 1 aliphatic carbocycles. The molecule has 2 amide bonds. The number of nitrogens with one attached hydrogen (secondary N) is 1. The zero-order valence-corrected chi connectivity index (χ0v) is 21.7. The Balaban J connectivity index is 1.72. The Morgan fingerprint density at radius 2 is 1.73 bits per heavy atom. The normalized spacial score (nSPS) is 14.8. The first-order valence-electron chi connectivity index (χ1n) is 11.3. The fourth-order valence-electron chi connectivity index (χ4n) is 4.05. The average Bonchev–Trinajstić information content (AvgIpc) is 3.29. The van der Waals surface area contributed by atoms with Gasteiger partial charge in [-0.2, -0.15) is 0 Å². The molecule has 3 rings (SSSR count). The number of halogens is 3. The number of carbonyl (C=O) groups is 2. The minimum atomic E-state index is -0.551. The van der Waals surface area contributed by atoms with Gasteiger partial charge >= 0.3 is 0 Å². The van der Waals surface area contributed by atoms with Crippen molar-refractivity contribution in [2.45, 2.75) is 69.0 Å². The van der Waals surface area contributed by atoms with Gasteiger partial charge in [-0.25, -0.2) is 0 Å². The molecular weight excluding hydrogens is 499 g/mol. The van der Waals surface area contributed by atoms with Gasteiger partial charge in [-0.3, -0.25) is 9.59 Å². The summed E-state index contributed by atoms with van der Waals surface area (Å²) in [6.45, 7) is 2.20. The molecule has 0 aliphatic heterocycles. The van der Waals surface area contributed by atoms with E-state index >= 15 is 0 Å². The predicted octanol–water partition coefficient (Wildman–Crippen LogP) is 7.00. The number of nitrogens with zero attached hydrogens (tertiary/aromatic N) is 1. The van der Waals surface area contributed by atoms with Gasteiger partial charge in [0.2, 0.25) is 11.8 Å². The first-order valence-corrected chi connectivity index (χ1v) is 13.4. The van der Waals surface area contributed by atoms with Crippen molar-refractivity contribution < 1.29 is 9.59 Å². The average molecular weight is 528 g/mol. The van der Waals surface area contributed by atoms with Crippen LogP contribution in [-0.4, -0.2) is 34.6 Å². The van der Waals surface area contributed by atoms with Crippen molar-refractivity contribution in [1.29, 1.82) is 0 Å². The summed E-state index contributed by atoms with van der Waals surface area (Å²) in [7, 11) is 0. The third-order valence-electron chi connectivity index (χ3n) is 5.84. The third-order valence-corrected chi connectivity index (χ3v) is 7.69. The first-order chi connectivity index (χ1) is 15.9. The highest BCUT2D eigenvalue weighted by molar-refractivity contribution is 7.99. The summed E-state index contributed by atoms with van der Waals surface area (Å²) in [4.78, 5) is 29.2. The van der Waals surface area contributed by atoms with E-state index < -0.39 is 6.04 Å².